The van der Waals surface area contributed by atoms with E-state index in [1.165, 1.54) is 36.8 Å². The second-order valence-electron chi connectivity index (χ2n) is 6.74. The largest absolute Gasteiger partial charge is 0.307 e. The molecule has 1 aliphatic carbocycles. The Morgan fingerprint density at radius 3 is 2.11 bits per heavy atom. The zero-order valence-corrected chi connectivity index (χ0v) is 12.3. The summed E-state index contributed by atoms with van der Waals surface area (Å²) in [5.74, 6) is 0. The second-order valence-corrected chi connectivity index (χ2v) is 6.74. The van der Waals surface area contributed by atoms with Gasteiger partial charge >= 0.3 is 0 Å². The van der Waals surface area contributed by atoms with Crippen LogP contribution in [0.25, 0.3) is 0 Å². The van der Waals surface area contributed by atoms with Crippen molar-refractivity contribution in [2.45, 2.75) is 70.9 Å². The molecule has 1 heteroatoms. The molecule has 0 spiro atoms. The van der Waals surface area contributed by atoms with Crippen LogP contribution >= 0.6 is 0 Å². The molecule has 1 aromatic rings. The maximum absolute atomic E-state index is 3.75. The Bertz CT molecular complexity index is 366. The van der Waals surface area contributed by atoms with E-state index in [-0.39, 0.29) is 5.41 Å². The van der Waals surface area contributed by atoms with Gasteiger partial charge in [0.05, 0.1) is 0 Å². The van der Waals surface area contributed by atoms with Crippen molar-refractivity contribution in [2.24, 2.45) is 0 Å². The number of benzene rings is 1. The highest BCUT2D eigenvalue weighted by Crippen LogP contribution is 2.25. The van der Waals surface area contributed by atoms with Crippen LogP contribution in [0.5, 0.6) is 0 Å². The first-order chi connectivity index (χ1) is 8.47. The van der Waals surface area contributed by atoms with Gasteiger partial charge in [0, 0.05) is 12.1 Å². The van der Waals surface area contributed by atoms with E-state index in [1.54, 1.807) is 0 Å². The summed E-state index contributed by atoms with van der Waals surface area (Å²) in [6.07, 6.45) is 5.50. The third-order valence-corrected chi connectivity index (χ3v) is 4.12. The van der Waals surface area contributed by atoms with Crippen molar-refractivity contribution < 1.29 is 0 Å². The van der Waals surface area contributed by atoms with Crippen molar-refractivity contribution in [3.05, 3.63) is 35.4 Å². The zero-order chi connectivity index (χ0) is 13.2. The van der Waals surface area contributed by atoms with Crippen LogP contribution in [0.1, 0.15) is 70.5 Å². The van der Waals surface area contributed by atoms with Crippen molar-refractivity contribution in [3.8, 4) is 0 Å². The van der Waals surface area contributed by atoms with E-state index in [2.05, 4.69) is 57.3 Å². The van der Waals surface area contributed by atoms with Crippen LogP contribution in [0.15, 0.2) is 24.3 Å². The van der Waals surface area contributed by atoms with Crippen molar-refractivity contribution in [1.82, 2.24) is 5.32 Å². The van der Waals surface area contributed by atoms with Crippen LogP contribution in [-0.2, 0) is 5.41 Å². The molecule has 18 heavy (non-hydrogen) atoms. The Labute approximate surface area is 112 Å². The van der Waals surface area contributed by atoms with E-state index in [4.69, 9.17) is 0 Å². The molecule has 1 unspecified atom stereocenters. The minimum absolute atomic E-state index is 0.251. The normalized spacial score (nSPS) is 19.1. The molecule has 2 rings (SSSR count). The summed E-state index contributed by atoms with van der Waals surface area (Å²) < 4.78 is 0. The van der Waals surface area contributed by atoms with E-state index >= 15 is 0 Å². The average Bonchev–Trinajstić information content (AvgIpc) is 2.81. The Balaban J connectivity index is 2.00. The summed E-state index contributed by atoms with van der Waals surface area (Å²) in [5, 5.41) is 3.75. The highest BCUT2D eigenvalue weighted by molar-refractivity contribution is 5.29. The van der Waals surface area contributed by atoms with E-state index in [9.17, 15) is 0 Å². The first-order valence-electron chi connectivity index (χ1n) is 7.33. The molecule has 0 saturated heterocycles. The minimum Gasteiger partial charge on any atom is -0.307 e. The van der Waals surface area contributed by atoms with E-state index in [1.807, 2.05) is 0 Å². The quantitative estimate of drug-likeness (QED) is 0.822. The van der Waals surface area contributed by atoms with Crippen molar-refractivity contribution >= 4 is 0 Å². The summed E-state index contributed by atoms with van der Waals surface area (Å²) >= 11 is 0. The summed E-state index contributed by atoms with van der Waals surface area (Å²) in [4.78, 5) is 0. The molecule has 1 aromatic carbocycles. The first kappa shape index (κ1) is 13.6. The van der Waals surface area contributed by atoms with Crippen molar-refractivity contribution in [2.75, 3.05) is 0 Å². The highest BCUT2D eigenvalue weighted by Gasteiger charge is 2.18. The molecule has 1 aliphatic rings. The smallest absolute Gasteiger partial charge is 0.0294 e. The Morgan fingerprint density at radius 2 is 1.61 bits per heavy atom. The lowest BCUT2D eigenvalue weighted by Crippen LogP contribution is -2.28. The van der Waals surface area contributed by atoms with Crippen LogP contribution in [-0.4, -0.2) is 6.04 Å². The lowest BCUT2D eigenvalue weighted by Gasteiger charge is -2.22. The molecule has 0 aliphatic heterocycles. The summed E-state index contributed by atoms with van der Waals surface area (Å²) in [6.45, 7) is 9.08. The molecule has 100 valence electrons. The van der Waals surface area contributed by atoms with Gasteiger partial charge in [-0.3, -0.25) is 0 Å². The molecule has 1 fully saturated rings. The van der Waals surface area contributed by atoms with Gasteiger partial charge in [0.15, 0.2) is 0 Å². The van der Waals surface area contributed by atoms with Crippen LogP contribution in [0.4, 0.5) is 0 Å². The van der Waals surface area contributed by atoms with Crippen LogP contribution in [0, 0.1) is 0 Å². The summed E-state index contributed by atoms with van der Waals surface area (Å²) in [7, 11) is 0. The van der Waals surface area contributed by atoms with Gasteiger partial charge in [-0.1, -0.05) is 57.9 Å². The Morgan fingerprint density at radius 1 is 1.06 bits per heavy atom. The predicted octanol–water partition coefficient (Wildman–Crippen LogP) is 4.58. The van der Waals surface area contributed by atoms with Gasteiger partial charge in [-0.15, -0.1) is 0 Å². The lowest BCUT2D eigenvalue weighted by molar-refractivity contribution is 0.461. The predicted molar refractivity (Wildman–Crippen MR) is 78.9 cm³/mol. The molecule has 1 N–H and O–H groups in total. The number of rotatable bonds is 3. The molecule has 1 atom stereocenters. The third-order valence-electron chi connectivity index (χ3n) is 4.12. The molecular formula is C17H27N. The van der Waals surface area contributed by atoms with Crippen molar-refractivity contribution in [1.29, 1.82) is 0 Å². The molecule has 0 bridgehead atoms. The maximum atomic E-state index is 3.75. The molecule has 0 amide bonds. The van der Waals surface area contributed by atoms with Gasteiger partial charge in [0.25, 0.3) is 0 Å². The number of hydrogen-bond donors (Lipinski definition) is 1. The fourth-order valence-corrected chi connectivity index (χ4v) is 2.81. The molecule has 1 saturated carbocycles. The van der Waals surface area contributed by atoms with Gasteiger partial charge in [-0.05, 0) is 36.3 Å². The zero-order valence-electron chi connectivity index (χ0n) is 12.3. The topological polar surface area (TPSA) is 12.0 Å². The Kier molecular flexibility index (Phi) is 4.11. The highest BCUT2D eigenvalue weighted by atomic mass is 14.9. The van der Waals surface area contributed by atoms with Crippen molar-refractivity contribution in [3.63, 3.8) is 0 Å². The number of hydrogen-bond acceptors (Lipinski definition) is 1. The van der Waals surface area contributed by atoms with E-state index < -0.39 is 0 Å². The van der Waals surface area contributed by atoms with Gasteiger partial charge in [-0.2, -0.15) is 0 Å². The molecule has 1 nitrogen and oxygen atoms in total. The minimum atomic E-state index is 0.251. The standard InChI is InChI=1S/C17H27N/c1-13(18-16-7-5-6-8-16)14-9-11-15(12-10-14)17(2,3)4/h9-13,16,18H,5-8H2,1-4H3. The third kappa shape index (κ3) is 3.35. The first-order valence-corrected chi connectivity index (χ1v) is 7.33. The molecular weight excluding hydrogens is 218 g/mol. The van der Waals surface area contributed by atoms with Gasteiger partial charge in [-0.25, -0.2) is 0 Å². The van der Waals surface area contributed by atoms with E-state index in [0.29, 0.717) is 6.04 Å². The van der Waals surface area contributed by atoms with Crippen LogP contribution in [0.3, 0.4) is 0 Å². The number of nitrogens with one attached hydrogen (secondary N) is 1. The van der Waals surface area contributed by atoms with Crippen LogP contribution in [0.2, 0.25) is 0 Å². The summed E-state index contributed by atoms with van der Waals surface area (Å²) in [5.41, 5.74) is 3.08. The van der Waals surface area contributed by atoms with Gasteiger partial charge < -0.3 is 5.32 Å². The maximum Gasteiger partial charge on any atom is 0.0294 e. The van der Waals surface area contributed by atoms with Gasteiger partial charge in [0.2, 0.25) is 0 Å². The molecule has 0 radical (unpaired) electrons. The molecule has 0 heterocycles. The lowest BCUT2D eigenvalue weighted by atomic mass is 9.86. The molecule has 0 aromatic heterocycles. The van der Waals surface area contributed by atoms with E-state index in [0.717, 1.165) is 6.04 Å². The summed E-state index contributed by atoms with van der Waals surface area (Å²) in [6, 6.07) is 10.3. The monoisotopic (exact) mass is 245 g/mol. The Hall–Kier alpha value is -0.820. The fraction of sp³-hybridized carbons (Fsp3) is 0.647. The SMILES string of the molecule is CC(NC1CCCC1)c1ccc(C(C)(C)C)cc1. The average molecular weight is 245 g/mol. The fourth-order valence-electron chi connectivity index (χ4n) is 2.81. The van der Waals surface area contributed by atoms with Gasteiger partial charge in [0.1, 0.15) is 0 Å². The van der Waals surface area contributed by atoms with Crippen LogP contribution < -0.4 is 5.32 Å². The second kappa shape index (κ2) is 5.44.